The van der Waals surface area contributed by atoms with Crippen LogP contribution in [0.4, 0.5) is 23.7 Å². The molecule has 160 valence electrons. The van der Waals surface area contributed by atoms with E-state index in [-0.39, 0.29) is 17.6 Å². The van der Waals surface area contributed by atoms with E-state index in [0.717, 1.165) is 23.3 Å². The molecule has 2 unspecified atom stereocenters. The Morgan fingerprint density at radius 1 is 0.935 bits per heavy atom. The zero-order valence-electron chi connectivity index (χ0n) is 16.2. The predicted octanol–water partition coefficient (Wildman–Crippen LogP) is 6.24. The molecule has 3 aromatic carbocycles. The fourth-order valence-electron chi connectivity index (χ4n) is 3.66. The van der Waals surface area contributed by atoms with Crippen LogP contribution in [-0.4, -0.2) is 17.6 Å². The first-order valence-corrected chi connectivity index (χ1v) is 10.0. The molecule has 3 aromatic rings. The Bertz CT molecular complexity index is 1040. The van der Waals surface area contributed by atoms with E-state index in [9.17, 15) is 18.0 Å². The molecule has 2 atom stereocenters. The minimum absolute atomic E-state index is 0.0132. The molecule has 0 bridgehead atoms. The maximum atomic E-state index is 12.8. The Morgan fingerprint density at radius 2 is 1.58 bits per heavy atom. The highest BCUT2D eigenvalue weighted by Crippen LogP contribution is 2.37. The zero-order chi connectivity index (χ0) is 22.0. The minimum atomic E-state index is -4.42. The highest BCUT2D eigenvalue weighted by molar-refractivity contribution is 6.30. The summed E-state index contributed by atoms with van der Waals surface area (Å²) in [4.78, 5) is 12.8. The number of halogens is 4. The second-order valence-corrected chi connectivity index (χ2v) is 7.73. The third-order valence-corrected chi connectivity index (χ3v) is 5.49. The summed E-state index contributed by atoms with van der Waals surface area (Å²) in [5.74, 6) is -0.0132. The van der Waals surface area contributed by atoms with Crippen LogP contribution in [-0.2, 0) is 6.18 Å². The number of hydrogen-bond acceptors (Lipinski definition) is 2. The molecule has 1 fully saturated rings. The van der Waals surface area contributed by atoms with Gasteiger partial charge in [0.1, 0.15) is 0 Å². The molecular formula is C23H19ClF3N3O. The van der Waals surface area contributed by atoms with E-state index in [1.165, 1.54) is 17.1 Å². The fourth-order valence-corrected chi connectivity index (χ4v) is 3.79. The van der Waals surface area contributed by atoms with Crippen LogP contribution in [0, 0.1) is 0 Å². The minimum Gasteiger partial charge on any atom is -0.307 e. The molecule has 0 aromatic heterocycles. The van der Waals surface area contributed by atoms with Crippen LogP contribution in [0.25, 0.3) is 0 Å². The number of amides is 2. The number of hydrogen-bond donors (Lipinski definition) is 2. The van der Waals surface area contributed by atoms with Crippen molar-refractivity contribution in [3.05, 3.63) is 101 Å². The summed E-state index contributed by atoms with van der Waals surface area (Å²) in [5, 5.41) is 4.72. The number of carbonyl (C=O) groups excluding carboxylic acids is 1. The van der Waals surface area contributed by atoms with Gasteiger partial charge in [-0.25, -0.2) is 10.2 Å². The van der Waals surface area contributed by atoms with E-state index in [4.69, 9.17) is 11.6 Å². The summed E-state index contributed by atoms with van der Waals surface area (Å²) in [6, 6.07) is 21.0. The number of alkyl halides is 3. The van der Waals surface area contributed by atoms with Crippen LogP contribution < -0.4 is 10.7 Å². The van der Waals surface area contributed by atoms with Gasteiger partial charge in [0, 0.05) is 23.2 Å². The maximum absolute atomic E-state index is 12.8. The van der Waals surface area contributed by atoms with Crippen LogP contribution in [0.1, 0.15) is 28.7 Å². The number of hydrazine groups is 1. The lowest BCUT2D eigenvalue weighted by molar-refractivity contribution is -0.137. The Hall–Kier alpha value is -3.03. The van der Waals surface area contributed by atoms with Gasteiger partial charge in [0.2, 0.25) is 0 Å². The van der Waals surface area contributed by atoms with Crippen LogP contribution in [0.5, 0.6) is 0 Å². The molecule has 4 nitrogen and oxygen atoms in total. The molecule has 1 aliphatic rings. The van der Waals surface area contributed by atoms with E-state index < -0.39 is 17.8 Å². The first-order valence-electron chi connectivity index (χ1n) is 9.63. The third kappa shape index (κ3) is 4.84. The average molecular weight is 446 g/mol. The molecule has 0 radical (unpaired) electrons. The number of nitrogens with zero attached hydrogens (tertiary/aromatic N) is 1. The van der Waals surface area contributed by atoms with Crippen LogP contribution in [0.2, 0.25) is 5.02 Å². The zero-order valence-corrected chi connectivity index (χ0v) is 17.0. The number of anilines is 1. The fraction of sp³-hybridized carbons (Fsp3) is 0.174. The van der Waals surface area contributed by atoms with Crippen molar-refractivity contribution in [2.75, 3.05) is 11.9 Å². The summed E-state index contributed by atoms with van der Waals surface area (Å²) in [6.07, 6.45) is -4.42. The van der Waals surface area contributed by atoms with Gasteiger partial charge in [-0.3, -0.25) is 5.01 Å². The molecule has 4 rings (SSSR count). The highest BCUT2D eigenvalue weighted by Gasteiger charge is 2.37. The Labute approximate surface area is 182 Å². The Kier molecular flexibility index (Phi) is 5.89. The van der Waals surface area contributed by atoms with Gasteiger partial charge >= 0.3 is 12.2 Å². The summed E-state index contributed by atoms with van der Waals surface area (Å²) in [7, 11) is 0. The summed E-state index contributed by atoms with van der Waals surface area (Å²) >= 11 is 6.02. The first-order chi connectivity index (χ1) is 14.8. The van der Waals surface area contributed by atoms with Gasteiger partial charge in [-0.1, -0.05) is 54.1 Å². The van der Waals surface area contributed by atoms with E-state index in [2.05, 4.69) is 10.7 Å². The van der Waals surface area contributed by atoms with Crippen molar-refractivity contribution in [3.63, 3.8) is 0 Å². The Balaban J connectivity index is 1.53. The SMILES string of the molecule is O=C(Nc1ccc(C(F)(F)F)cc1)N1CC(c2ccccc2)C(c2ccc(Cl)cc2)N1. The summed E-state index contributed by atoms with van der Waals surface area (Å²) in [6.45, 7) is 0.393. The number of benzene rings is 3. The van der Waals surface area contributed by atoms with Gasteiger partial charge in [-0.15, -0.1) is 0 Å². The highest BCUT2D eigenvalue weighted by atomic mass is 35.5. The number of carbonyl (C=O) groups is 1. The molecule has 0 saturated carbocycles. The van der Waals surface area contributed by atoms with E-state index in [1.54, 1.807) is 12.1 Å². The maximum Gasteiger partial charge on any atom is 0.416 e. The largest absolute Gasteiger partial charge is 0.416 e. The molecule has 2 amide bonds. The average Bonchev–Trinajstić information content (AvgIpc) is 3.20. The van der Waals surface area contributed by atoms with Gasteiger partial charge in [0.05, 0.1) is 11.6 Å². The molecule has 0 aliphatic carbocycles. The van der Waals surface area contributed by atoms with Crippen molar-refractivity contribution in [1.29, 1.82) is 0 Å². The summed E-state index contributed by atoms with van der Waals surface area (Å²) in [5.41, 5.74) is 4.79. The molecule has 1 saturated heterocycles. The van der Waals surface area contributed by atoms with Crippen molar-refractivity contribution in [2.24, 2.45) is 0 Å². The topological polar surface area (TPSA) is 44.4 Å². The predicted molar refractivity (Wildman–Crippen MR) is 114 cm³/mol. The third-order valence-electron chi connectivity index (χ3n) is 5.24. The van der Waals surface area contributed by atoms with Crippen molar-refractivity contribution >= 4 is 23.3 Å². The van der Waals surface area contributed by atoms with Crippen molar-refractivity contribution < 1.29 is 18.0 Å². The second-order valence-electron chi connectivity index (χ2n) is 7.29. The normalized spacial score (nSPS) is 18.8. The van der Waals surface area contributed by atoms with Crippen molar-refractivity contribution in [2.45, 2.75) is 18.1 Å². The van der Waals surface area contributed by atoms with Gasteiger partial charge in [0.25, 0.3) is 0 Å². The molecule has 31 heavy (non-hydrogen) atoms. The van der Waals surface area contributed by atoms with Crippen LogP contribution >= 0.6 is 11.6 Å². The smallest absolute Gasteiger partial charge is 0.307 e. The lowest BCUT2D eigenvalue weighted by Gasteiger charge is -2.20. The molecule has 1 aliphatic heterocycles. The second kappa shape index (κ2) is 8.61. The van der Waals surface area contributed by atoms with Crippen molar-refractivity contribution in [3.8, 4) is 0 Å². The summed E-state index contributed by atoms with van der Waals surface area (Å²) < 4.78 is 38.2. The molecular weight excluding hydrogens is 427 g/mol. The Morgan fingerprint density at radius 3 is 2.19 bits per heavy atom. The van der Waals surface area contributed by atoms with E-state index >= 15 is 0 Å². The van der Waals surface area contributed by atoms with E-state index in [1.807, 2.05) is 42.5 Å². The molecule has 8 heteroatoms. The lowest BCUT2D eigenvalue weighted by Crippen LogP contribution is -2.40. The van der Waals surface area contributed by atoms with Gasteiger partial charge < -0.3 is 5.32 Å². The quantitative estimate of drug-likeness (QED) is 0.501. The number of urea groups is 1. The number of rotatable bonds is 3. The lowest BCUT2D eigenvalue weighted by atomic mass is 9.89. The number of nitrogens with one attached hydrogen (secondary N) is 2. The van der Waals surface area contributed by atoms with Gasteiger partial charge in [0.15, 0.2) is 0 Å². The monoisotopic (exact) mass is 445 g/mol. The van der Waals surface area contributed by atoms with Crippen LogP contribution in [0.3, 0.4) is 0 Å². The van der Waals surface area contributed by atoms with Crippen molar-refractivity contribution in [1.82, 2.24) is 10.4 Å². The standard InChI is InChI=1S/C23H19ClF3N3O/c24-18-10-6-16(7-11-18)21-20(15-4-2-1-3-5-15)14-30(29-21)22(31)28-19-12-8-17(9-13-19)23(25,26)27/h1-13,20-21,29H,14H2,(H,28,31). The van der Waals surface area contributed by atoms with E-state index in [0.29, 0.717) is 11.6 Å². The molecule has 1 heterocycles. The molecule has 2 N–H and O–H groups in total. The van der Waals surface area contributed by atoms with Gasteiger partial charge in [-0.05, 0) is 47.5 Å². The first kappa shape index (κ1) is 21.2. The van der Waals surface area contributed by atoms with Gasteiger partial charge in [-0.2, -0.15) is 13.2 Å². The molecule has 0 spiro atoms. The van der Waals surface area contributed by atoms with Crippen LogP contribution in [0.15, 0.2) is 78.9 Å².